The second-order valence-electron chi connectivity index (χ2n) is 10.3. The van der Waals surface area contributed by atoms with Gasteiger partial charge in [-0.15, -0.1) is 0 Å². The molecule has 5 rings (SSSR count). The number of carbonyl (C=O) groups excluding carboxylic acids is 2. The third-order valence-electron chi connectivity index (χ3n) is 6.22. The van der Waals surface area contributed by atoms with Gasteiger partial charge in [0.25, 0.3) is 5.91 Å². The topological polar surface area (TPSA) is 112 Å². The second-order valence-corrected chi connectivity index (χ2v) is 11.7. The summed E-state index contributed by atoms with van der Waals surface area (Å²) in [5.74, 6) is -0.794. The van der Waals surface area contributed by atoms with Gasteiger partial charge in [0.1, 0.15) is 6.04 Å². The van der Waals surface area contributed by atoms with Gasteiger partial charge in [-0.25, -0.2) is 4.98 Å². The predicted molar refractivity (Wildman–Crippen MR) is 155 cm³/mol. The molecule has 5 aromatic rings. The van der Waals surface area contributed by atoms with Gasteiger partial charge in [-0.05, 0) is 29.8 Å². The summed E-state index contributed by atoms with van der Waals surface area (Å²) < 4.78 is 41.7. The molecule has 0 saturated heterocycles. The molecule has 3 aromatic carbocycles. The molecular weight excluding hydrogens is 577 g/mol. The number of nitrogens with zero attached hydrogens (tertiary/aromatic N) is 2. The fraction of sp³-hybridized carbons (Fsp3) is 0.214. The summed E-state index contributed by atoms with van der Waals surface area (Å²) in [7, 11) is 0. The summed E-state index contributed by atoms with van der Waals surface area (Å²) in [6.45, 7) is 5.31. The molecule has 0 aliphatic rings. The fourth-order valence-corrected chi connectivity index (χ4v) is 5.24. The molecule has 4 N–H and O–H groups in total. The van der Waals surface area contributed by atoms with E-state index in [0.717, 1.165) is 17.4 Å². The van der Waals surface area contributed by atoms with Gasteiger partial charge in [0, 0.05) is 16.5 Å². The van der Waals surface area contributed by atoms with Crippen LogP contribution in [0.25, 0.3) is 21.1 Å². The second kappa shape index (κ2) is 10.7. The molecule has 13 heteroatoms. The minimum absolute atomic E-state index is 0.00108. The maximum atomic E-state index is 13.8. The zero-order chi connectivity index (χ0) is 29.5. The number of benzene rings is 3. The monoisotopic (exact) mass is 600 g/mol. The van der Waals surface area contributed by atoms with Crippen molar-refractivity contribution in [2.45, 2.75) is 33.0 Å². The number of halogens is 4. The summed E-state index contributed by atoms with van der Waals surface area (Å²) in [5.41, 5.74) is -0.214. The highest BCUT2D eigenvalue weighted by molar-refractivity contribution is 7.23. The Labute approximate surface area is 241 Å². The maximum Gasteiger partial charge on any atom is 0.418 e. The van der Waals surface area contributed by atoms with E-state index in [-0.39, 0.29) is 26.8 Å². The van der Waals surface area contributed by atoms with Gasteiger partial charge in [0.2, 0.25) is 5.91 Å². The SMILES string of the molecule is CC(C)(C)C(=O)Nc1cc(NC(C(=O)Nc2nc3c(C(F)(F)F)cc4[nH]ncc4c3s2)c2ccccc2)ccc1Cl. The van der Waals surface area contributed by atoms with Crippen LogP contribution < -0.4 is 16.0 Å². The number of hydrogen-bond donors (Lipinski definition) is 4. The summed E-state index contributed by atoms with van der Waals surface area (Å²) >= 11 is 7.24. The zero-order valence-corrected chi connectivity index (χ0v) is 23.6. The van der Waals surface area contributed by atoms with Gasteiger partial charge in [-0.3, -0.25) is 20.0 Å². The Bertz CT molecular complexity index is 1760. The maximum absolute atomic E-state index is 13.8. The molecule has 41 heavy (non-hydrogen) atoms. The van der Waals surface area contributed by atoms with Crippen LogP contribution in [0.5, 0.6) is 0 Å². The summed E-state index contributed by atoms with van der Waals surface area (Å²) in [5, 5.41) is 15.8. The summed E-state index contributed by atoms with van der Waals surface area (Å²) in [4.78, 5) is 30.3. The van der Waals surface area contributed by atoms with Crippen molar-refractivity contribution in [3.63, 3.8) is 0 Å². The van der Waals surface area contributed by atoms with Gasteiger partial charge in [0.05, 0.1) is 38.2 Å². The van der Waals surface area contributed by atoms with E-state index in [4.69, 9.17) is 11.6 Å². The van der Waals surface area contributed by atoms with Crippen LogP contribution in [-0.4, -0.2) is 27.0 Å². The molecule has 0 spiro atoms. The first-order valence-corrected chi connectivity index (χ1v) is 13.6. The molecular formula is C28H24ClF3N6O2S. The van der Waals surface area contributed by atoms with E-state index in [2.05, 4.69) is 31.1 Å². The standard InChI is InChI=1S/C28H24ClF3N6O2S/c1-27(2,3)25(40)35-20-11-15(9-10-18(20)29)34-21(14-7-5-4-6-8-14)24(39)37-26-36-22-17(28(30,31)32)12-19-16(13-33-38-19)23(22)41-26/h4-13,21,34H,1-3H3,(H,33,38)(H,35,40)(H,36,37,39). The van der Waals surface area contributed by atoms with Crippen molar-refractivity contribution in [2.24, 2.45) is 5.41 Å². The number of fused-ring (bicyclic) bond motifs is 3. The Kier molecular flexibility index (Phi) is 7.39. The van der Waals surface area contributed by atoms with Crippen molar-refractivity contribution in [3.05, 3.63) is 76.9 Å². The van der Waals surface area contributed by atoms with E-state index in [1.165, 1.54) is 6.20 Å². The number of carbonyl (C=O) groups is 2. The van der Waals surface area contributed by atoms with Crippen LogP contribution >= 0.6 is 22.9 Å². The van der Waals surface area contributed by atoms with Gasteiger partial charge >= 0.3 is 6.18 Å². The highest BCUT2D eigenvalue weighted by Crippen LogP contribution is 2.41. The molecule has 212 valence electrons. The predicted octanol–water partition coefficient (Wildman–Crippen LogP) is 7.62. The Morgan fingerprint density at radius 1 is 1.02 bits per heavy atom. The molecule has 2 heterocycles. The third kappa shape index (κ3) is 5.98. The van der Waals surface area contributed by atoms with Crippen LogP contribution in [0.15, 0.2) is 60.8 Å². The normalized spacial score (nSPS) is 12.9. The zero-order valence-electron chi connectivity index (χ0n) is 22.0. The number of hydrogen-bond acceptors (Lipinski definition) is 6. The van der Waals surface area contributed by atoms with Gasteiger partial charge < -0.3 is 10.6 Å². The Hall–Kier alpha value is -4.16. The lowest BCUT2D eigenvalue weighted by Crippen LogP contribution is -2.28. The van der Waals surface area contributed by atoms with Crippen LogP contribution in [-0.2, 0) is 15.8 Å². The van der Waals surface area contributed by atoms with Crippen molar-refractivity contribution in [1.82, 2.24) is 15.2 Å². The Morgan fingerprint density at radius 2 is 1.76 bits per heavy atom. The average Bonchev–Trinajstić information content (AvgIpc) is 3.54. The Morgan fingerprint density at radius 3 is 2.44 bits per heavy atom. The van der Waals surface area contributed by atoms with Crippen LogP contribution in [0.2, 0.25) is 5.02 Å². The summed E-state index contributed by atoms with van der Waals surface area (Å²) in [6.07, 6.45) is -3.23. The van der Waals surface area contributed by atoms with Crippen LogP contribution in [0.3, 0.4) is 0 Å². The lowest BCUT2D eigenvalue weighted by Gasteiger charge is -2.21. The van der Waals surface area contributed by atoms with Crippen molar-refractivity contribution >= 4 is 72.4 Å². The van der Waals surface area contributed by atoms with Crippen LogP contribution in [0, 0.1) is 5.41 Å². The fourth-order valence-electron chi connectivity index (χ4n) is 4.07. The molecule has 2 aromatic heterocycles. The van der Waals surface area contributed by atoms with E-state index in [1.807, 2.05) is 0 Å². The number of aromatic amines is 1. The van der Waals surface area contributed by atoms with E-state index >= 15 is 0 Å². The van der Waals surface area contributed by atoms with Crippen molar-refractivity contribution in [3.8, 4) is 0 Å². The number of H-pyrrole nitrogens is 1. The lowest BCUT2D eigenvalue weighted by molar-refractivity contribution is -0.136. The molecule has 8 nitrogen and oxygen atoms in total. The molecule has 0 bridgehead atoms. The van der Waals surface area contributed by atoms with E-state index in [1.54, 1.807) is 69.3 Å². The number of nitrogens with one attached hydrogen (secondary N) is 4. The van der Waals surface area contributed by atoms with Gasteiger partial charge in [-0.2, -0.15) is 18.3 Å². The number of anilines is 3. The van der Waals surface area contributed by atoms with Crippen molar-refractivity contribution in [1.29, 1.82) is 0 Å². The van der Waals surface area contributed by atoms with E-state index in [0.29, 0.717) is 27.3 Å². The molecule has 1 atom stereocenters. The molecule has 1 unspecified atom stereocenters. The molecule has 0 radical (unpaired) electrons. The summed E-state index contributed by atoms with van der Waals surface area (Å²) in [6, 6.07) is 13.6. The van der Waals surface area contributed by atoms with Crippen molar-refractivity contribution in [2.75, 3.05) is 16.0 Å². The smallest absolute Gasteiger partial charge is 0.370 e. The van der Waals surface area contributed by atoms with E-state index in [9.17, 15) is 22.8 Å². The minimum atomic E-state index is -4.66. The quantitative estimate of drug-likeness (QED) is 0.160. The first kappa shape index (κ1) is 28.4. The van der Waals surface area contributed by atoms with Crippen LogP contribution in [0.1, 0.15) is 37.9 Å². The number of alkyl halides is 3. The van der Waals surface area contributed by atoms with Gasteiger partial charge in [0.15, 0.2) is 5.13 Å². The molecule has 0 saturated carbocycles. The number of thiazole rings is 1. The molecule has 0 fully saturated rings. The van der Waals surface area contributed by atoms with Crippen molar-refractivity contribution < 1.29 is 22.8 Å². The molecule has 0 aliphatic heterocycles. The van der Waals surface area contributed by atoms with Gasteiger partial charge in [-0.1, -0.05) is 74.0 Å². The number of amides is 2. The molecule has 2 amide bonds. The average molecular weight is 601 g/mol. The lowest BCUT2D eigenvalue weighted by atomic mass is 9.95. The number of aromatic nitrogens is 3. The highest BCUT2D eigenvalue weighted by Gasteiger charge is 2.35. The third-order valence-corrected chi connectivity index (χ3v) is 7.56. The number of rotatable bonds is 6. The highest BCUT2D eigenvalue weighted by atomic mass is 35.5. The molecule has 0 aliphatic carbocycles. The first-order valence-electron chi connectivity index (χ1n) is 12.4. The van der Waals surface area contributed by atoms with Crippen LogP contribution in [0.4, 0.5) is 29.7 Å². The first-order chi connectivity index (χ1) is 19.3. The Balaban J connectivity index is 1.48. The minimum Gasteiger partial charge on any atom is -0.370 e. The van der Waals surface area contributed by atoms with E-state index < -0.39 is 29.1 Å². The largest absolute Gasteiger partial charge is 0.418 e.